The second kappa shape index (κ2) is 14.2. The summed E-state index contributed by atoms with van der Waals surface area (Å²) in [5, 5.41) is 20.7. The molecule has 0 spiro atoms. The van der Waals surface area contributed by atoms with Gasteiger partial charge in [0.05, 0.1) is 0 Å². The zero-order valence-electron chi connectivity index (χ0n) is 20.9. The van der Waals surface area contributed by atoms with Gasteiger partial charge in [-0.2, -0.15) is 0 Å². The molecule has 0 saturated carbocycles. The Morgan fingerprint density at radius 3 is 2.51 bits per heavy atom. The Hall–Kier alpha value is -4.44. The molecule has 1 aliphatic rings. The molecule has 1 aromatic heterocycles. The molecule has 10 heteroatoms. The second-order valence-electron chi connectivity index (χ2n) is 8.27. The fourth-order valence-electron chi connectivity index (χ4n) is 3.10. The number of nitrogens with one attached hydrogen (secondary N) is 2. The van der Waals surface area contributed by atoms with Crippen molar-refractivity contribution in [1.82, 2.24) is 10.3 Å². The van der Waals surface area contributed by atoms with Crippen molar-refractivity contribution in [1.29, 1.82) is 0 Å². The number of nitrogens with zero attached hydrogens (tertiary/aromatic N) is 1. The lowest BCUT2D eigenvalue weighted by molar-refractivity contribution is -0.148. The summed E-state index contributed by atoms with van der Waals surface area (Å²) in [5.74, 6) is -2.99. The molecular formula is C27H32N4O6. The van der Waals surface area contributed by atoms with E-state index in [9.17, 15) is 19.5 Å². The molecule has 2 amide bonds. The number of hydrogen-bond acceptors (Lipinski definition) is 6. The molecule has 0 saturated heterocycles. The highest BCUT2D eigenvalue weighted by Crippen LogP contribution is 2.17. The Balaban J connectivity index is 1.87. The average Bonchev–Trinajstić information content (AvgIpc) is 3.49. The second-order valence-corrected chi connectivity index (χ2v) is 8.27. The van der Waals surface area contributed by atoms with Gasteiger partial charge >= 0.3 is 5.97 Å². The van der Waals surface area contributed by atoms with Crippen molar-refractivity contribution in [3.05, 3.63) is 89.9 Å². The first-order valence-electron chi connectivity index (χ1n) is 11.5. The maximum Gasteiger partial charge on any atom is 0.329 e. The number of primary amides is 1. The molecule has 2 unspecified atom stereocenters. The minimum atomic E-state index is -2.04. The monoisotopic (exact) mass is 508 g/mol. The zero-order valence-corrected chi connectivity index (χ0v) is 20.9. The van der Waals surface area contributed by atoms with Crippen LogP contribution in [0.3, 0.4) is 0 Å². The van der Waals surface area contributed by atoms with Gasteiger partial charge in [-0.15, -0.1) is 0 Å². The van der Waals surface area contributed by atoms with E-state index in [4.69, 9.17) is 15.6 Å². The molecule has 4 atom stereocenters. The van der Waals surface area contributed by atoms with Crippen LogP contribution in [0.1, 0.15) is 26.5 Å². The van der Waals surface area contributed by atoms with Crippen LogP contribution in [0.5, 0.6) is 0 Å². The van der Waals surface area contributed by atoms with Crippen molar-refractivity contribution in [3.63, 3.8) is 0 Å². The molecule has 10 nitrogen and oxygen atoms in total. The highest BCUT2D eigenvalue weighted by atomic mass is 16.5. The maximum absolute atomic E-state index is 12.1. The summed E-state index contributed by atoms with van der Waals surface area (Å²) in [6, 6.07) is 1.95. The lowest BCUT2D eigenvalue weighted by Crippen LogP contribution is -2.53. The first-order chi connectivity index (χ1) is 17.6. The van der Waals surface area contributed by atoms with E-state index in [-0.39, 0.29) is 17.7 Å². The molecule has 1 aliphatic heterocycles. The fourth-order valence-corrected chi connectivity index (χ4v) is 3.10. The average molecular weight is 509 g/mol. The first-order valence-corrected chi connectivity index (χ1v) is 11.5. The van der Waals surface area contributed by atoms with Gasteiger partial charge in [-0.25, -0.2) is 9.79 Å². The van der Waals surface area contributed by atoms with E-state index in [1.165, 1.54) is 13.0 Å². The number of rotatable bonds is 12. The number of carbonyl (C=O) groups excluding carboxylic acids is 2. The highest BCUT2D eigenvalue weighted by Gasteiger charge is 2.32. The number of carbonyl (C=O) groups is 3. The number of aromatic nitrogens is 1. The number of amides is 2. The normalized spacial score (nSPS) is 20.5. The predicted molar refractivity (Wildman–Crippen MR) is 141 cm³/mol. The Morgan fingerprint density at radius 1 is 1.16 bits per heavy atom. The molecular weight excluding hydrogens is 476 g/mol. The quantitative estimate of drug-likeness (QED) is 0.214. The molecule has 6 N–H and O–H groups in total. The number of aliphatic hydroxyl groups is 1. The number of allylic oxidation sites excluding steroid dienone is 8. The van der Waals surface area contributed by atoms with Gasteiger partial charge in [0.2, 0.25) is 17.7 Å². The molecule has 2 heterocycles. The van der Waals surface area contributed by atoms with Gasteiger partial charge < -0.3 is 31.0 Å². The van der Waals surface area contributed by atoms with Crippen molar-refractivity contribution < 1.29 is 29.3 Å². The fraction of sp³-hybridized carbons (Fsp3) is 0.259. The van der Waals surface area contributed by atoms with E-state index in [2.05, 4.69) is 15.3 Å². The molecule has 0 radical (unpaired) electrons. The number of H-pyrrole nitrogens is 1. The van der Waals surface area contributed by atoms with Crippen LogP contribution in [0, 0.1) is 0 Å². The number of aliphatic imine (C=N–C) groups is 1. The third kappa shape index (κ3) is 9.61. The molecule has 196 valence electrons. The number of aliphatic hydroxyl groups excluding tert-OH is 1. The number of hydrogen-bond donors (Lipinski definition) is 5. The first kappa shape index (κ1) is 28.8. The van der Waals surface area contributed by atoms with Gasteiger partial charge in [0.25, 0.3) is 0 Å². The van der Waals surface area contributed by atoms with Crippen LogP contribution in [0.25, 0.3) is 6.08 Å². The van der Waals surface area contributed by atoms with Crippen molar-refractivity contribution in [2.24, 2.45) is 10.7 Å². The van der Waals surface area contributed by atoms with E-state index in [0.29, 0.717) is 5.90 Å². The number of carboxylic acid groups (broad SMARTS) is 1. The van der Waals surface area contributed by atoms with Crippen molar-refractivity contribution in [2.75, 3.05) is 0 Å². The zero-order chi connectivity index (χ0) is 27.4. The van der Waals surface area contributed by atoms with Crippen molar-refractivity contribution in [3.8, 4) is 0 Å². The summed E-state index contributed by atoms with van der Waals surface area (Å²) >= 11 is 0. The lowest BCUT2D eigenvalue weighted by Gasteiger charge is -2.17. The Bertz CT molecular complexity index is 1170. The molecule has 2 rings (SSSR count). The standard InChI is InChI=1S/C27H32N4O6/c1-17(16-21-19(3)37-22(30-21)14-13-20-12-9-15-29-20)10-7-5-4-6-8-11-18(2)26(34)31-23(27(35)36)24(32)25(28)33/h4-16,19,21,23-24,29,32H,1-3H3,(H2,28,33)(H,31,34)(H,35,36)/b5-4+,8-6+,10-7+,14-13+,17-16+,18-11+/t19-,21-,23?,24?/m1/s1. The van der Waals surface area contributed by atoms with Gasteiger partial charge in [0, 0.05) is 23.5 Å². The molecule has 1 aromatic rings. The van der Waals surface area contributed by atoms with Gasteiger partial charge in [-0.05, 0) is 39.0 Å². The van der Waals surface area contributed by atoms with Crippen LogP contribution in [0.2, 0.25) is 0 Å². The lowest BCUT2D eigenvalue weighted by atomic mass is 10.1. The molecule has 0 bridgehead atoms. The van der Waals surface area contributed by atoms with Gasteiger partial charge in [-0.1, -0.05) is 54.2 Å². The van der Waals surface area contributed by atoms with Crippen LogP contribution in [0.15, 0.2) is 89.2 Å². The number of carboxylic acids is 1. The van der Waals surface area contributed by atoms with Gasteiger partial charge in [-0.3, -0.25) is 9.59 Å². The minimum Gasteiger partial charge on any atom is -0.480 e. The van der Waals surface area contributed by atoms with E-state index in [0.717, 1.165) is 11.3 Å². The number of ether oxygens (including phenoxy) is 1. The Morgan fingerprint density at radius 2 is 1.86 bits per heavy atom. The van der Waals surface area contributed by atoms with Crippen LogP contribution >= 0.6 is 0 Å². The summed E-state index contributed by atoms with van der Waals surface area (Å²) in [7, 11) is 0. The Kier molecular flexibility index (Phi) is 11.1. The molecule has 0 fully saturated rings. The molecule has 37 heavy (non-hydrogen) atoms. The summed E-state index contributed by atoms with van der Waals surface area (Å²) in [6.07, 6.45) is 17.6. The number of aliphatic carboxylic acids is 1. The molecule has 0 aromatic carbocycles. The summed E-state index contributed by atoms with van der Waals surface area (Å²) in [4.78, 5) is 42.0. The van der Waals surface area contributed by atoms with E-state index < -0.39 is 29.9 Å². The summed E-state index contributed by atoms with van der Waals surface area (Å²) in [5.41, 5.74) is 7.07. The van der Waals surface area contributed by atoms with E-state index in [1.807, 2.05) is 68.6 Å². The van der Waals surface area contributed by atoms with Crippen LogP contribution in [0.4, 0.5) is 0 Å². The van der Waals surface area contributed by atoms with Crippen molar-refractivity contribution >= 4 is 29.8 Å². The van der Waals surface area contributed by atoms with Crippen LogP contribution in [-0.4, -0.2) is 63.2 Å². The van der Waals surface area contributed by atoms with Crippen molar-refractivity contribution in [2.45, 2.75) is 45.1 Å². The summed E-state index contributed by atoms with van der Waals surface area (Å²) < 4.78 is 5.80. The minimum absolute atomic E-state index is 0.0674. The third-order valence-corrected chi connectivity index (χ3v) is 5.19. The van der Waals surface area contributed by atoms with E-state index >= 15 is 0 Å². The van der Waals surface area contributed by atoms with Gasteiger partial charge in [0.15, 0.2) is 12.1 Å². The predicted octanol–water partition coefficient (Wildman–Crippen LogP) is 2.19. The van der Waals surface area contributed by atoms with E-state index in [1.54, 1.807) is 18.2 Å². The number of aromatic amines is 1. The van der Waals surface area contributed by atoms with Gasteiger partial charge in [0.1, 0.15) is 12.1 Å². The largest absolute Gasteiger partial charge is 0.480 e. The summed E-state index contributed by atoms with van der Waals surface area (Å²) in [6.45, 7) is 5.41. The maximum atomic E-state index is 12.1. The topological polar surface area (TPSA) is 167 Å². The highest BCUT2D eigenvalue weighted by molar-refractivity contribution is 5.97. The third-order valence-electron chi connectivity index (χ3n) is 5.19. The van der Waals surface area contributed by atoms with Crippen LogP contribution in [-0.2, 0) is 19.1 Å². The Labute approximate surface area is 215 Å². The number of nitrogens with two attached hydrogens (primary N) is 1. The van der Waals surface area contributed by atoms with Crippen LogP contribution < -0.4 is 11.1 Å². The molecule has 0 aliphatic carbocycles. The smallest absolute Gasteiger partial charge is 0.329 e. The SMILES string of the molecule is CC(/C=C/C=C/C=C/C=C(\C)C(=O)NC(C(=O)O)C(O)C(N)=O)=C\[C@H]1N=C(/C=C/c2ccc[nH]2)O[C@@H]1C.